The first-order valence-electron chi connectivity index (χ1n) is 9.59. The molecular weight excluding hydrogens is 365 g/mol. The van der Waals surface area contributed by atoms with Gasteiger partial charge in [-0.15, -0.1) is 5.10 Å². The number of aromatic nitrogens is 4. The number of hydrogen-bond acceptors (Lipinski definition) is 3. The van der Waals surface area contributed by atoms with Gasteiger partial charge < -0.3 is 4.90 Å². The molecule has 4 aromatic rings. The first kappa shape index (κ1) is 19.0. The monoisotopic (exact) mass is 388 g/mol. The molecule has 0 fully saturated rings. The second kappa shape index (κ2) is 8.32. The molecule has 1 unspecified atom stereocenters. The first-order valence-corrected chi connectivity index (χ1v) is 9.59. The molecule has 3 aromatic carbocycles. The molecule has 0 spiro atoms. The first-order chi connectivity index (χ1) is 14.1. The maximum absolute atomic E-state index is 13.7. The summed E-state index contributed by atoms with van der Waals surface area (Å²) >= 11 is 0. The number of nitrogens with zero attached hydrogens (tertiary/aromatic N) is 4. The summed E-state index contributed by atoms with van der Waals surface area (Å²) in [5.74, 6) is 0.524. The topological polar surface area (TPSA) is 48.0 Å². The summed E-state index contributed by atoms with van der Waals surface area (Å²) in [6.07, 6.45) is 0. The highest BCUT2D eigenvalue weighted by Gasteiger charge is 2.30. The van der Waals surface area contributed by atoms with Gasteiger partial charge in [-0.1, -0.05) is 60.7 Å². The van der Waals surface area contributed by atoms with Gasteiger partial charge >= 0.3 is 0 Å². The van der Waals surface area contributed by atoms with E-state index in [4.69, 9.17) is 0 Å². The number of para-hydroxylation sites is 1. The van der Waals surface area contributed by atoms with E-state index in [9.17, 15) is 4.39 Å². The third kappa shape index (κ3) is 4.07. The number of halogens is 1. The average molecular weight is 388 g/mol. The summed E-state index contributed by atoms with van der Waals surface area (Å²) < 4.78 is 15.5. The van der Waals surface area contributed by atoms with E-state index in [1.165, 1.54) is 6.07 Å². The van der Waals surface area contributed by atoms with Crippen LogP contribution in [0.4, 0.5) is 4.39 Å². The Balaban J connectivity index is 1.77. The lowest BCUT2D eigenvalue weighted by Gasteiger charge is -2.25. The Kier molecular flexibility index (Phi) is 5.44. The second-order valence-electron chi connectivity index (χ2n) is 7.23. The molecule has 29 heavy (non-hydrogen) atoms. The second-order valence-corrected chi connectivity index (χ2v) is 7.23. The fourth-order valence-electron chi connectivity index (χ4n) is 3.72. The Labute approximate surface area is 169 Å². The van der Waals surface area contributed by atoms with Crippen LogP contribution >= 0.6 is 0 Å². The van der Waals surface area contributed by atoms with Crippen molar-refractivity contribution >= 4 is 0 Å². The third-order valence-electron chi connectivity index (χ3n) is 5.09. The zero-order valence-corrected chi connectivity index (χ0v) is 16.5. The molecule has 2 atom stereocenters. The van der Waals surface area contributed by atoms with E-state index < -0.39 is 0 Å². The Hall–Kier alpha value is -3.38. The molecule has 0 saturated heterocycles. The summed E-state index contributed by atoms with van der Waals surface area (Å²) in [7, 11) is 2.08. The third-order valence-corrected chi connectivity index (χ3v) is 5.09. The van der Waals surface area contributed by atoms with E-state index in [1.54, 1.807) is 12.1 Å². The summed E-state index contributed by atoms with van der Waals surface area (Å²) in [4.78, 5) is 1.14. The molecule has 1 N–H and O–H groups in total. The average Bonchev–Trinajstić information content (AvgIpc) is 3.18. The van der Waals surface area contributed by atoms with Gasteiger partial charge in [0.25, 0.3) is 0 Å². The Morgan fingerprint density at radius 2 is 1.72 bits per heavy atom. The molecule has 6 heteroatoms. The van der Waals surface area contributed by atoms with Gasteiger partial charge in [-0.3, -0.25) is 0 Å². The van der Waals surface area contributed by atoms with Crippen LogP contribution in [0.3, 0.4) is 0 Å². The number of quaternary nitrogens is 1. The standard InChI is InChI=1S/C23H22FN5/c1-17-9-6-7-14-21(17)29-23(25-26-27-29)22(19-11-4-3-5-12-19)28(2)16-18-10-8-13-20(24)15-18/h3-15,22H,16H2,1-2H3/p+1/t22-/m0/s1. The fourth-order valence-corrected chi connectivity index (χ4v) is 3.72. The molecule has 0 aliphatic rings. The molecule has 4 rings (SSSR count). The van der Waals surface area contributed by atoms with E-state index in [-0.39, 0.29) is 11.9 Å². The quantitative estimate of drug-likeness (QED) is 0.553. The van der Waals surface area contributed by atoms with E-state index in [2.05, 4.69) is 34.7 Å². The molecule has 5 nitrogen and oxygen atoms in total. The highest BCUT2D eigenvalue weighted by atomic mass is 19.1. The predicted octanol–water partition coefficient (Wildman–Crippen LogP) is 2.91. The van der Waals surface area contributed by atoms with Crippen molar-refractivity contribution in [2.24, 2.45) is 0 Å². The van der Waals surface area contributed by atoms with Crippen molar-refractivity contribution in [3.8, 4) is 5.69 Å². The molecule has 0 radical (unpaired) electrons. The molecule has 146 valence electrons. The Morgan fingerprint density at radius 1 is 0.966 bits per heavy atom. The van der Waals surface area contributed by atoms with Crippen molar-refractivity contribution in [1.82, 2.24) is 20.2 Å². The van der Waals surface area contributed by atoms with Crippen LogP contribution in [0.2, 0.25) is 0 Å². The van der Waals surface area contributed by atoms with Gasteiger partial charge in [0.2, 0.25) is 5.82 Å². The lowest BCUT2D eigenvalue weighted by Crippen LogP contribution is -3.08. The number of tetrazole rings is 1. The van der Waals surface area contributed by atoms with Crippen molar-refractivity contribution in [3.05, 3.63) is 107 Å². The lowest BCUT2D eigenvalue weighted by atomic mass is 10.0. The van der Waals surface area contributed by atoms with Crippen LogP contribution < -0.4 is 4.90 Å². The van der Waals surface area contributed by atoms with Gasteiger partial charge in [0.1, 0.15) is 12.4 Å². The van der Waals surface area contributed by atoms with Crippen LogP contribution in [0.1, 0.15) is 28.6 Å². The summed E-state index contributed by atoms with van der Waals surface area (Å²) in [6.45, 7) is 2.68. The number of hydrogen-bond donors (Lipinski definition) is 1. The van der Waals surface area contributed by atoms with Crippen LogP contribution in [-0.4, -0.2) is 27.3 Å². The predicted molar refractivity (Wildman–Crippen MR) is 109 cm³/mol. The molecule has 0 bridgehead atoms. The Bertz CT molecular complexity index is 1090. The SMILES string of the molecule is Cc1ccccc1-n1nnnc1[C@H](c1ccccc1)[NH+](C)Cc1cccc(F)c1. The smallest absolute Gasteiger partial charge is 0.218 e. The van der Waals surface area contributed by atoms with Crippen molar-refractivity contribution in [3.63, 3.8) is 0 Å². The van der Waals surface area contributed by atoms with E-state index >= 15 is 0 Å². The molecular formula is C23H23FN5+. The largest absolute Gasteiger partial charge is 0.321 e. The molecule has 0 amide bonds. The van der Waals surface area contributed by atoms with Gasteiger partial charge in [0, 0.05) is 11.1 Å². The van der Waals surface area contributed by atoms with Crippen LogP contribution in [0, 0.1) is 12.7 Å². The van der Waals surface area contributed by atoms with Crippen molar-refractivity contribution in [1.29, 1.82) is 0 Å². The minimum absolute atomic E-state index is 0.117. The molecule has 0 aliphatic heterocycles. The molecule has 0 aliphatic carbocycles. The molecule has 0 saturated carbocycles. The summed E-state index contributed by atoms with van der Waals surface area (Å²) in [5, 5.41) is 12.7. The van der Waals surface area contributed by atoms with Crippen molar-refractivity contribution < 1.29 is 9.29 Å². The highest BCUT2D eigenvalue weighted by Crippen LogP contribution is 2.21. The van der Waals surface area contributed by atoms with Gasteiger partial charge in [-0.25, -0.2) is 4.39 Å². The van der Waals surface area contributed by atoms with Gasteiger partial charge in [0.05, 0.1) is 12.7 Å². The van der Waals surface area contributed by atoms with Crippen molar-refractivity contribution in [2.45, 2.75) is 19.5 Å². The van der Waals surface area contributed by atoms with Crippen LogP contribution in [0.5, 0.6) is 0 Å². The van der Waals surface area contributed by atoms with E-state index in [1.807, 2.05) is 60.1 Å². The molecule has 1 heterocycles. The summed E-state index contributed by atoms with van der Waals surface area (Å²) in [6, 6.07) is 24.8. The number of nitrogens with one attached hydrogen (secondary N) is 1. The normalized spacial score (nSPS) is 13.2. The zero-order chi connectivity index (χ0) is 20.2. The van der Waals surface area contributed by atoms with Crippen molar-refractivity contribution in [2.75, 3.05) is 7.05 Å². The van der Waals surface area contributed by atoms with Gasteiger partial charge in [-0.05, 0) is 41.1 Å². The van der Waals surface area contributed by atoms with Gasteiger partial charge in [-0.2, -0.15) is 4.68 Å². The number of rotatable bonds is 6. The highest BCUT2D eigenvalue weighted by molar-refractivity contribution is 5.40. The van der Waals surface area contributed by atoms with Crippen LogP contribution in [0.15, 0.2) is 78.9 Å². The molecule has 1 aromatic heterocycles. The summed E-state index contributed by atoms with van der Waals surface area (Å²) in [5.41, 5.74) is 4.08. The number of benzene rings is 3. The zero-order valence-electron chi connectivity index (χ0n) is 16.5. The fraction of sp³-hybridized carbons (Fsp3) is 0.174. The van der Waals surface area contributed by atoms with E-state index in [0.29, 0.717) is 6.54 Å². The minimum atomic E-state index is -0.226. The Morgan fingerprint density at radius 3 is 2.48 bits per heavy atom. The lowest BCUT2D eigenvalue weighted by molar-refractivity contribution is -0.920. The minimum Gasteiger partial charge on any atom is -0.321 e. The van der Waals surface area contributed by atoms with Gasteiger partial charge in [0.15, 0.2) is 6.04 Å². The van der Waals surface area contributed by atoms with Crippen LogP contribution in [-0.2, 0) is 6.54 Å². The van der Waals surface area contributed by atoms with Crippen LogP contribution in [0.25, 0.3) is 5.69 Å². The maximum atomic E-state index is 13.7. The number of aryl methyl sites for hydroxylation is 1. The maximum Gasteiger partial charge on any atom is 0.218 e. The van der Waals surface area contributed by atoms with E-state index in [0.717, 1.165) is 33.1 Å².